The van der Waals surface area contributed by atoms with Crippen molar-refractivity contribution in [3.63, 3.8) is 0 Å². The first kappa shape index (κ1) is 21.4. The lowest BCUT2D eigenvalue weighted by Gasteiger charge is -2.12. The van der Waals surface area contributed by atoms with Crippen molar-refractivity contribution in [3.8, 4) is 0 Å². The summed E-state index contributed by atoms with van der Waals surface area (Å²) in [5, 5.41) is 23.9. The molecule has 2 heterocycles. The van der Waals surface area contributed by atoms with Gasteiger partial charge in [0.15, 0.2) is 0 Å². The maximum absolute atomic E-state index is 12.1. The van der Waals surface area contributed by atoms with E-state index in [1.807, 2.05) is 50.2 Å². The Morgan fingerprint density at radius 1 is 0.900 bits per heavy atom. The number of anilines is 1. The van der Waals surface area contributed by atoms with Crippen LogP contribution in [0.2, 0.25) is 0 Å². The Bertz CT molecular complexity index is 1090. The molecule has 2 aromatic carbocycles. The van der Waals surface area contributed by atoms with Crippen molar-refractivity contribution in [1.29, 1.82) is 0 Å². The smallest absolute Gasteiger partial charge is 0.227 e. The molecule has 0 spiro atoms. The number of unbranched alkanes of at least 4 members (excludes halogenated alkanes) is 3. The summed E-state index contributed by atoms with van der Waals surface area (Å²) in [7, 11) is 0. The number of nitrogens with one attached hydrogen (secondary N) is 3. The quantitative estimate of drug-likeness (QED) is 0.382. The number of amides is 1. The molecule has 0 aliphatic carbocycles. The highest BCUT2D eigenvalue weighted by Gasteiger charge is 2.13. The van der Waals surface area contributed by atoms with Gasteiger partial charge in [-0.3, -0.25) is 4.79 Å². The lowest BCUT2D eigenvalue weighted by molar-refractivity contribution is -0.119. The zero-order valence-corrected chi connectivity index (χ0v) is 17.8. The summed E-state index contributed by atoms with van der Waals surface area (Å²) >= 11 is 0. The Labute approximate surface area is 175 Å². The van der Waals surface area contributed by atoms with E-state index in [9.17, 15) is 4.79 Å². The van der Waals surface area contributed by atoms with Crippen molar-refractivity contribution >= 4 is 33.7 Å². The molecule has 0 fully saturated rings. The van der Waals surface area contributed by atoms with Gasteiger partial charge in [0.1, 0.15) is 22.1 Å². The third kappa shape index (κ3) is 5.85. The molecule has 4 rings (SSSR count). The number of H-pyrrole nitrogens is 2. The second-order valence-corrected chi connectivity index (χ2v) is 7.58. The molecule has 0 saturated heterocycles. The molecule has 1 amide bonds. The summed E-state index contributed by atoms with van der Waals surface area (Å²) in [6.07, 6.45) is 5.73. The molecule has 0 aliphatic rings. The second-order valence-electron chi connectivity index (χ2n) is 7.58. The number of hydrogen-bond donors (Lipinski definition) is 3. The first-order valence-electron chi connectivity index (χ1n) is 10.5. The third-order valence-electron chi connectivity index (χ3n) is 4.99. The van der Waals surface area contributed by atoms with Crippen molar-refractivity contribution in [2.75, 3.05) is 5.32 Å². The Hall–Kier alpha value is -3.29. The van der Waals surface area contributed by atoms with Crippen LogP contribution in [0.25, 0.3) is 22.1 Å². The van der Waals surface area contributed by atoms with Gasteiger partial charge in [0.05, 0.1) is 0 Å². The van der Waals surface area contributed by atoms with Gasteiger partial charge in [0.2, 0.25) is 5.91 Å². The summed E-state index contributed by atoms with van der Waals surface area (Å²) in [6, 6.07) is 11.5. The van der Waals surface area contributed by atoms with Crippen LogP contribution >= 0.6 is 0 Å². The average molecular weight is 408 g/mol. The Morgan fingerprint density at radius 3 is 2.23 bits per heavy atom. The molecule has 158 valence electrons. The maximum Gasteiger partial charge on any atom is 0.227 e. The Balaban J connectivity index is 0.000000212. The topological polar surface area (TPSA) is 112 Å². The van der Waals surface area contributed by atoms with E-state index in [0.29, 0.717) is 0 Å². The molecule has 1 unspecified atom stereocenters. The number of aromatic nitrogens is 6. The van der Waals surface area contributed by atoms with E-state index in [2.05, 4.69) is 43.1 Å². The van der Waals surface area contributed by atoms with E-state index < -0.39 is 0 Å². The molecule has 0 saturated carbocycles. The van der Waals surface area contributed by atoms with E-state index in [-0.39, 0.29) is 11.8 Å². The largest absolute Gasteiger partial charge is 0.326 e. The molecular formula is C22H29N7O. The van der Waals surface area contributed by atoms with Gasteiger partial charge in [-0.1, -0.05) is 45.6 Å². The monoisotopic (exact) mass is 407 g/mol. The fourth-order valence-corrected chi connectivity index (χ4v) is 3.14. The third-order valence-corrected chi connectivity index (χ3v) is 4.99. The molecule has 1 atom stereocenters. The van der Waals surface area contributed by atoms with E-state index >= 15 is 0 Å². The fraction of sp³-hybridized carbons (Fsp3) is 0.409. The highest BCUT2D eigenvalue weighted by atomic mass is 16.1. The SMILES string of the molecule is CCCCCCC(C)C(=O)Nc1ccc2n[nH]nc2c1.Cc1ccc2n[nH]nc2c1. The summed E-state index contributed by atoms with van der Waals surface area (Å²) < 4.78 is 0. The van der Waals surface area contributed by atoms with Gasteiger partial charge in [-0.25, -0.2) is 0 Å². The molecule has 4 aromatic rings. The van der Waals surface area contributed by atoms with E-state index in [1.54, 1.807) is 0 Å². The van der Waals surface area contributed by atoms with Crippen molar-refractivity contribution in [1.82, 2.24) is 30.8 Å². The number of benzene rings is 2. The zero-order chi connectivity index (χ0) is 21.3. The predicted octanol–water partition coefficient (Wildman–Crippen LogP) is 4.77. The van der Waals surface area contributed by atoms with Crippen LogP contribution in [0.3, 0.4) is 0 Å². The Morgan fingerprint density at radius 2 is 1.53 bits per heavy atom. The predicted molar refractivity (Wildman–Crippen MR) is 119 cm³/mol. The molecular weight excluding hydrogens is 378 g/mol. The molecule has 3 N–H and O–H groups in total. The highest BCUT2D eigenvalue weighted by molar-refractivity contribution is 5.94. The van der Waals surface area contributed by atoms with Crippen LogP contribution in [0.1, 0.15) is 51.5 Å². The molecule has 8 heteroatoms. The Kier molecular flexibility index (Phi) is 7.48. The molecule has 0 aliphatic heterocycles. The lowest BCUT2D eigenvalue weighted by atomic mass is 10.0. The van der Waals surface area contributed by atoms with Crippen LogP contribution in [-0.2, 0) is 4.79 Å². The normalized spacial score (nSPS) is 11.8. The van der Waals surface area contributed by atoms with Crippen molar-refractivity contribution in [2.24, 2.45) is 5.92 Å². The van der Waals surface area contributed by atoms with Crippen LogP contribution in [-0.4, -0.2) is 36.7 Å². The van der Waals surface area contributed by atoms with E-state index in [1.165, 1.54) is 24.8 Å². The van der Waals surface area contributed by atoms with E-state index in [0.717, 1.165) is 40.6 Å². The standard InChI is InChI=1S/C15H22N4O.C7H7N3/c1-3-4-5-6-7-11(2)15(20)16-12-8-9-13-14(10-12)18-19-17-13;1-5-2-3-6-7(4-5)9-10-8-6/h8-11H,3-7H2,1-2H3,(H,16,20)(H,17,18,19);2-4H,1H3,(H,8,9,10). The minimum atomic E-state index is 0.0415. The van der Waals surface area contributed by atoms with Crippen molar-refractivity contribution in [2.45, 2.75) is 52.9 Å². The van der Waals surface area contributed by atoms with Crippen LogP contribution in [0.5, 0.6) is 0 Å². The summed E-state index contributed by atoms with van der Waals surface area (Å²) in [6.45, 7) is 6.21. The number of aromatic amines is 2. The van der Waals surface area contributed by atoms with Gasteiger partial charge in [-0.15, -0.1) is 0 Å². The fourth-order valence-electron chi connectivity index (χ4n) is 3.14. The van der Waals surface area contributed by atoms with Crippen molar-refractivity contribution in [3.05, 3.63) is 42.0 Å². The maximum atomic E-state index is 12.1. The van der Waals surface area contributed by atoms with Gasteiger partial charge in [0.25, 0.3) is 0 Å². The number of carbonyl (C=O) groups excluding carboxylic acids is 1. The number of nitrogens with zero attached hydrogens (tertiary/aromatic N) is 4. The molecule has 0 radical (unpaired) electrons. The van der Waals surface area contributed by atoms with Crippen LogP contribution < -0.4 is 5.32 Å². The number of aryl methyl sites for hydroxylation is 1. The van der Waals surface area contributed by atoms with Gasteiger partial charge >= 0.3 is 0 Å². The van der Waals surface area contributed by atoms with Gasteiger partial charge in [0, 0.05) is 11.6 Å². The number of fused-ring (bicyclic) bond motifs is 2. The van der Waals surface area contributed by atoms with Crippen LogP contribution in [0.15, 0.2) is 36.4 Å². The van der Waals surface area contributed by atoms with Gasteiger partial charge in [-0.2, -0.15) is 30.8 Å². The summed E-state index contributed by atoms with van der Waals surface area (Å²) in [5.41, 5.74) is 5.40. The first-order valence-corrected chi connectivity index (χ1v) is 10.5. The molecule has 2 aromatic heterocycles. The van der Waals surface area contributed by atoms with Crippen LogP contribution in [0, 0.1) is 12.8 Å². The molecule has 8 nitrogen and oxygen atoms in total. The average Bonchev–Trinajstić information content (AvgIpc) is 3.39. The van der Waals surface area contributed by atoms with E-state index in [4.69, 9.17) is 0 Å². The van der Waals surface area contributed by atoms with Gasteiger partial charge < -0.3 is 5.32 Å². The van der Waals surface area contributed by atoms with Crippen LogP contribution in [0.4, 0.5) is 5.69 Å². The minimum absolute atomic E-state index is 0.0415. The highest BCUT2D eigenvalue weighted by Crippen LogP contribution is 2.17. The number of rotatable bonds is 7. The summed E-state index contributed by atoms with van der Waals surface area (Å²) in [4.78, 5) is 12.1. The second kappa shape index (κ2) is 10.5. The minimum Gasteiger partial charge on any atom is -0.326 e. The molecule has 30 heavy (non-hydrogen) atoms. The van der Waals surface area contributed by atoms with Crippen molar-refractivity contribution < 1.29 is 4.79 Å². The number of hydrogen-bond acceptors (Lipinski definition) is 5. The first-order chi connectivity index (χ1) is 14.6. The van der Waals surface area contributed by atoms with Gasteiger partial charge in [-0.05, 0) is 49.2 Å². The zero-order valence-electron chi connectivity index (χ0n) is 17.8. The number of carbonyl (C=O) groups is 1. The summed E-state index contributed by atoms with van der Waals surface area (Å²) in [5.74, 6) is 0.115. The lowest BCUT2D eigenvalue weighted by Crippen LogP contribution is -2.20. The molecule has 0 bridgehead atoms.